The lowest BCUT2D eigenvalue weighted by Gasteiger charge is -2.32. The van der Waals surface area contributed by atoms with Gasteiger partial charge in [0, 0.05) is 24.1 Å². The normalized spacial score (nSPS) is 21.1. The van der Waals surface area contributed by atoms with E-state index in [1.165, 1.54) is 24.3 Å². The standard InChI is InChI=1S/C18H22N4O4S/c1-12-4-2-3-11-22(12)27(24,25)15-9-7-13(8-10-15)16(23)19-18-21-20-17(26-18)14-5-6-14/h7-10,12,14H,2-6,11H2,1H3,(H,19,21,23)/t12-/m1/s1. The maximum Gasteiger partial charge on any atom is 0.322 e. The van der Waals surface area contributed by atoms with Crippen molar-refractivity contribution >= 4 is 21.9 Å². The highest BCUT2D eigenvalue weighted by molar-refractivity contribution is 7.89. The molecule has 1 N–H and O–H groups in total. The molecule has 2 fully saturated rings. The number of nitrogens with zero attached hydrogens (tertiary/aromatic N) is 3. The van der Waals surface area contributed by atoms with Gasteiger partial charge in [-0.1, -0.05) is 11.5 Å². The average molecular weight is 390 g/mol. The van der Waals surface area contributed by atoms with Crippen molar-refractivity contribution in [3.63, 3.8) is 0 Å². The van der Waals surface area contributed by atoms with E-state index >= 15 is 0 Å². The lowest BCUT2D eigenvalue weighted by Crippen LogP contribution is -2.41. The van der Waals surface area contributed by atoms with Crippen LogP contribution in [0.5, 0.6) is 0 Å². The van der Waals surface area contributed by atoms with Crippen molar-refractivity contribution in [2.45, 2.75) is 55.9 Å². The molecule has 27 heavy (non-hydrogen) atoms. The van der Waals surface area contributed by atoms with E-state index < -0.39 is 15.9 Å². The van der Waals surface area contributed by atoms with Gasteiger partial charge < -0.3 is 4.42 Å². The third-order valence-corrected chi connectivity index (χ3v) is 7.08. The van der Waals surface area contributed by atoms with Gasteiger partial charge in [0.2, 0.25) is 15.9 Å². The van der Waals surface area contributed by atoms with Crippen molar-refractivity contribution in [2.24, 2.45) is 0 Å². The number of hydrogen-bond donors (Lipinski definition) is 1. The molecule has 1 aromatic carbocycles. The monoisotopic (exact) mass is 390 g/mol. The van der Waals surface area contributed by atoms with Gasteiger partial charge in [-0.15, -0.1) is 5.10 Å². The number of amides is 1. The zero-order valence-corrected chi connectivity index (χ0v) is 15.9. The number of carbonyl (C=O) groups is 1. The van der Waals surface area contributed by atoms with Crippen molar-refractivity contribution in [1.29, 1.82) is 0 Å². The van der Waals surface area contributed by atoms with Gasteiger partial charge in [-0.3, -0.25) is 10.1 Å². The van der Waals surface area contributed by atoms with Crippen molar-refractivity contribution in [3.8, 4) is 0 Å². The minimum atomic E-state index is -3.55. The van der Waals surface area contributed by atoms with Crippen LogP contribution in [0.2, 0.25) is 0 Å². The van der Waals surface area contributed by atoms with Crippen LogP contribution < -0.4 is 5.32 Å². The predicted molar refractivity (Wildman–Crippen MR) is 97.9 cm³/mol. The van der Waals surface area contributed by atoms with E-state index in [1.807, 2.05) is 6.92 Å². The summed E-state index contributed by atoms with van der Waals surface area (Å²) in [4.78, 5) is 12.5. The zero-order valence-electron chi connectivity index (χ0n) is 15.1. The Bertz CT molecular complexity index is 935. The second-order valence-electron chi connectivity index (χ2n) is 7.16. The van der Waals surface area contributed by atoms with Gasteiger partial charge in [-0.2, -0.15) is 4.31 Å². The maximum atomic E-state index is 12.8. The average Bonchev–Trinajstić information content (AvgIpc) is 3.41. The first-order valence-corrected chi connectivity index (χ1v) is 10.7. The molecular weight excluding hydrogens is 368 g/mol. The van der Waals surface area contributed by atoms with E-state index in [0.717, 1.165) is 32.1 Å². The van der Waals surface area contributed by atoms with E-state index in [9.17, 15) is 13.2 Å². The van der Waals surface area contributed by atoms with Crippen LogP contribution in [0.25, 0.3) is 0 Å². The van der Waals surface area contributed by atoms with Crippen molar-refractivity contribution in [3.05, 3.63) is 35.7 Å². The second kappa shape index (κ2) is 7.05. The minimum absolute atomic E-state index is 0.00934. The summed E-state index contributed by atoms with van der Waals surface area (Å²) in [7, 11) is -3.55. The molecule has 2 heterocycles. The fourth-order valence-electron chi connectivity index (χ4n) is 3.29. The maximum absolute atomic E-state index is 12.8. The largest absolute Gasteiger partial charge is 0.408 e. The van der Waals surface area contributed by atoms with Crippen LogP contribution >= 0.6 is 0 Å². The zero-order chi connectivity index (χ0) is 19.0. The van der Waals surface area contributed by atoms with Gasteiger partial charge in [0.15, 0.2) is 0 Å². The molecule has 1 amide bonds. The highest BCUT2D eigenvalue weighted by atomic mass is 32.2. The molecule has 0 radical (unpaired) electrons. The molecule has 0 bridgehead atoms. The molecule has 1 saturated heterocycles. The molecule has 1 aromatic heterocycles. The number of rotatable bonds is 5. The molecule has 1 atom stereocenters. The topological polar surface area (TPSA) is 105 Å². The van der Waals surface area contributed by atoms with Crippen LogP contribution in [0, 0.1) is 0 Å². The van der Waals surface area contributed by atoms with Crippen LogP contribution in [0.4, 0.5) is 6.01 Å². The Balaban J connectivity index is 1.46. The molecule has 9 heteroatoms. The number of benzene rings is 1. The lowest BCUT2D eigenvalue weighted by molar-refractivity contribution is 0.102. The van der Waals surface area contributed by atoms with Gasteiger partial charge in [0.25, 0.3) is 5.91 Å². The fraction of sp³-hybridized carbons (Fsp3) is 0.500. The van der Waals surface area contributed by atoms with E-state index in [4.69, 9.17) is 4.42 Å². The number of sulfonamides is 1. The van der Waals surface area contributed by atoms with E-state index in [2.05, 4.69) is 15.5 Å². The molecule has 8 nitrogen and oxygen atoms in total. The minimum Gasteiger partial charge on any atom is -0.408 e. The van der Waals surface area contributed by atoms with E-state index in [0.29, 0.717) is 23.9 Å². The van der Waals surface area contributed by atoms with E-state index in [-0.39, 0.29) is 17.0 Å². The van der Waals surface area contributed by atoms with Crippen LogP contribution in [0.1, 0.15) is 61.2 Å². The van der Waals surface area contributed by atoms with Gasteiger partial charge in [-0.05, 0) is 56.9 Å². The van der Waals surface area contributed by atoms with Crippen molar-refractivity contribution in [1.82, 2.24) is 14.5 Å². The first kappa shape index (κ1) is 18.1. The number of aromatic nitrogens is 2. The smallest absolute Gasteiger partial charge is 0.322 e. The van der Waals surface area contributed by atoms with Crippen molar-refractivity contribution < 1.29 is 17.6 Å². The molecule has 0 unspecified atom stereocenters. The third-order valence-electron chi connectivity index (χ3n) is 5.05. The molecule has 2 aliphatic rings. The van der Waals surface area contributed by atoms with Crippen LogP contribution in [0.3, 0.4) is 0 Å². The molecule has 0 spiro atoms. The molecule has 4 rings (SSSR count). The third kappa shape index (κ3) is 3.74. The Morgan fingerprint density at radius 3 is 2.56 bits per heavy atom. The highest BCUT2D eigenvalue weighted by Crippen LogP contribution is 2.39. The van der Waals surface area contributed by atoms with Crippen LogP contribution in [-0.2, 0) is 10.0 Å². The molecule has 1 saturated carbocycles. The summed E-state index contributed by atoms with van der Waals surface area (Å²) in [6.45, 7) is 2.46. The SMILES string of the molecule is C[C@@H]1CCCCN1S(=O)(=O)c1ccc(C(=O)Nc2nnc(C3CC3)o2)cc1. The molecular formula is C18H22N4O4S. The molecule has 1 aliphatic carbocycles. The summed E-state index contributed by atoms with van der Waals surface area (Å²) in [5.74, 6) is 0.434. The van der Waals surface area contributed by atoms with Gasteiger partial charge in [0.05, 0.1) is 4.90 Å². The highest BCUT2D eigenvalue weighted by Gasteiger charge is 2.31. The summed E-state index contributed by atoms with van der Waals surface area (Å²) in [5, 5.41) is 10.3. The number of anilines is 1. The Kier molecular flexibility index (Phi) is 4.73. The first-order valence-electron chi connectivity index (χ1n) is 9.22. The van der Waals surface area contributed by atoms with Crippen LogP contribution in [-0.4, -0.2) is 41.4 Å². The first-order chi connectivity index (χ1) is 12.9. The summed E-state index contributed by atoms with van der Waals surface area (Å²) in [6, 6.07) is 5.97. The molecule has 144 valence electrons. The number of nitrogens with one attached hydrogen (secondary N) is 1. The Hall–Kier alpha value is -2.26. The van der Waals surface area contributed by atoms with Gasteiger partial charge >= 0.3 is 6.01 Å². The summed E-state index contributed by atoms with van der Waals surface area (Å²) < 4.78 is 32.6. The Labute approximate surface area is 158 Å². The summed E-state index contributed by atoms with van der Waals surface area (Å²) in [5.41, 5.74) is 0.326. The number of hydrogen-bond acceptors (Lipinski definition) is 6. The molecule has 1 aliphatic heterocycles. The van der Waals surface area contributed by atoms with Gasteiger partial charge in [0.1, 0.15) is 0 Å². The number of carbonyl (C=O) groups excluding carboxylic acids is 1. The van der Waals surface area contributed by atoms with Crippen LogP contribution in [0.15, 0.2) is 33.6 Å². The Morgan fingerprint density at radius 2 is 1.89 bits per heavy atom. The summed E-state index contributed by atoms with van der Waals surface area (Å²) >= 11 is 0. The van der Waals surface area contributed by atoms with Crippen molar-refractivity contribution in [2.75, 3.05) is 11.9 Å². The summed E-state index contributed by atoms with van der Waals surface area (Å²) in [6.07, 6.45) is 4.84. The lowest BCUT2D eigenvalue weighted by atomic mass is 10.1. The quantitative estimate of drug-likeness (QED) is 0.841. The predicted octanol–water partition coefficient (Wildman–Crippen LogP) is 2.76. The molecule has 2 aromatic rings. The fourth-order valence-corrected chi connectivity index (χ4v) is 4.99. The van der Waals surface area contributed by atoms with Gasteiger partial charge in [-0.25, -0.2) is 8.42 Å². The second-order valence-corrected chi connectivity index (χ2v) is 9.05. The number of piperidine rings is 1. The Morgan fingerprint density at radius 1 is 1.15 bits per heavy atom. The van der Waals surface area contributed by atoms with E-state index in [1.54, 1.807) is 4.31 Å².